The summed E-state index contributed by atoms with van der Waals surface area (Å²) in [6, 6.07) is 4.54. The third kappa shape index (κ3) is 8.39. The molecule has 1 heterocycles. The van der Waals surface area contributed by atoms with Gasteiger partial charge in [-0.2, -0.15) is 25.3 Å². The highest BCUT2D eigenvalue weighted by molar-refractivity contribution is 7.80. The molecule has 0 aliphatic rings. The maximum absolute atomic E-state index is 13.2. The lowest BCUT2D eigenvalue weighted by molar-refractivity contribution is -0.141. The monoisotopic (exact) mass is 508 g/mol. The van der Waals surface area contributed by atoms with Gasteiger partial charge in [0.2, 0.25) is 17.7 Å². The number of nitrogens with one attached hydrogen (secondary N) is 4. The predicted octanol–water partition coefficient (Wildman–Crippen LogP) is -1.08. The van der Waals surface area contributed by atoms with Gasteiger partial charge in [-0.15, -0.1) is 0 Å². The van der Waals surface area contributed by atoms with Crippen molar-refractivity contribution in [1.82, 2.24) is 25.9 Å². The molecule has 0 bridgehead atoms. The molecule has 3 amide bonds. The molecule has 7 N–H and O–H groups in total. The molecule has 4 unspecified atom stereocenters. The van der Waals surface area contributed by atoms with Crippen molar-refractivity contribution in [3.8, 4) is 0 Å². The second-order valence-corrected chi connectivity index (χ2v) is 8.19. The Labute approximate surface area is 207 Å². The van der Waals surface area contributed by atoms with Crippen LogP contribution in [0.4, 0.5) is 0 Å². The highest BCUT2D eigenvalue weighted by Gasteiger charge is 2.30. The van der Waals surface area contributed by atoms with Crippen LogP contribution in [-0.4, -0.2) is 74.4 Å². The fraction of sp³-hybridized carbons (Fsp3) is 0.381. The fourth-order valence-electron chi connectivity index (χ4n) is 2.98. The second kappa shape index (κ2) is 13.6. The molecule has 0 saturated carbocycles. The highest BCUT2D eigenvalue weighted by Crippen LogP contribution is 2.07. The number of thiol groups is 2. The third-order valence-electron chi connectivity index (χ3n) is 4.86. The first-order valence-corrected chi connectivity index (χ1v) is 11.6. The van der Waals surface area contributed by atoms with Crippen LogP contribution >= 0.6 is 25.3 Å². The number of hydrogen-bond donors (Lipinski definition) is 8. The van der Waals surface area contributed by atoms with Crippen LogP contribution in [0.1, 0.15) is 11.3 Å². The molecule has 1 aromatic heterocycles. The molecule has 0 aliphatic carbocycles. The minimum Gasteiger partial charge on any atom is -0.480 e. The molecule has 0 saturated heterocycles. The van der Waals surface area contributed by atoms with Crippen molar-refractivity contribution in [2.24, 2.45) is 5.73 Å². The van der Waals surface area contributed by atoms with E-state index in [1.165, 1.54) is 12.5 Å². The van der Waals surface area contributed by atoms with Crippen molar-refractivity contribution in [3.63, 3.8) is 0 Å². The second-order valence-electron chi connectivity index (χ2n) is 7.46. The number of imidazole rings is 1. The number of H-pyrrole nitrogens is 1. The van der Waals surface area contributed by atoms with E-state index in [1.807, 2.05) is 0 Å². The number of hydrogen-bond acceptors (Lipinski definition) is 8. The first kappa shape index (κ1) is 27.2. The van der Waals surface area contributed by atoms with Crippen molar-refractivity contribution in [1.29, 1.82) is 0 Å². The normalized spacial score (nSPS) is 14.3. The topological polar surface area (TPSA) is 179 Å². The number of carbonyl (C=O) groups excluding carboxylic acids is 3. The Morgan fingerprint density at radius 1 is 0.912 bits per heavy atom. The Morgan fingerprint density at radius 3 is 2.03 bits per heavy atom. The SMILES string of the molecule is NC(CS)C(=O)NC(Cc1cnc[nH]1)C(=O)NC(Cc1ccccc1)C(=O)NC(CS)C(=O)O. The average molecular weight is 509 g/mol. The number of aromatic nitrogens is 2. The molecule has 34 heavy (non-hydrogen) atoms. The van der Waals surface area contributed by atoms with E-state index >= 15 is 0 Å². The lowest BCUT2D eigenvalue weighted by Crippen LogP contribution is -2.58. The molecule has 4 atom stereocenters. The Bertz CT molecular complexity index is 960. The summed E-state index contributed by atoms with van der Waals surface area (Å²) in [4.78, 5) is 56.5. The maximum Gasteiger partial charge on any atom is 0.327 e. The van der Waals surface area contributed by atoms with Crippen molar-refractivity contribution in [2.75, 3.05) is 11.5 Å². The van der Waals surface area contributed by atoms with E-state index in [4.69, 9.17) is 5.73 Å². The Kier molecular flexibility index (Phi) is 10.9. The van der Waals surface area contributed by atoms with Crippen LogP contribution in [0.5, 0.6) is 0 Å². The van der Waals surface area contributed by atoms with E-state index < -0.39 is 47.9 Å². The van der Waals surface area contributed by atoms with E-state index in [9.17, 15) is 24.3 Å². The summed E-state index contributed by atoms with van der Waals surface area (Å²) in [5.41, 5.74) is 7.04. The number of rotatable bonds is 13. The molecule has 2 rings (SSSR count). The Morgan fingerprint density at radius 2 is 1.50 bits per heavy atom. The molecule has 184 valence electrons. The van der Waals surface area contributed by atoms with E-state index in [1.54, 1.807) is 30.3 Å². The van der Waals surface area contributed by atoms with Crippen molar-refractivity contribution in [3.05, 3.63) is 54.1 Å². The van der Waals surface area contributed by atoms with Gasteiger partial charge in [-0.3, -0.25) is 14.4 Å². The summed E-state index contributed by atoms with van der Waals surface area (Å²) in [6.45, 7) is 0. The smallest absolute Gasteiger partial charge is 0.327 e. The third-order valence-corrected chi connectivity index (χ3v) is 5.62. The standard InChI is InChI=1S/C21H28N6O5S2/c22-14(9-33)18(28)25-16(7-13-8-23-11-24-13)20(30)26-15(6-12-4-2-1-3-5-12)19(29)27-17(10-34)21(31)32/h1-5,8,11,14-17,33-34H,6-7,9-10,22H2,(H,23,24)(H,25,28)(H,26,30)(H,27,29)(H,31,32). The van der Waals surface area contributed by atoms with Gasteiger partial charge in [0.15, 0.2) is 0 Å². The zero-order chi connectivity index (χ0) is 25.1. The quantitative estimate of drug-likeness (QED) is 0.159. The maximum atomic E-state index is 13.2. The number of nitrogens with zero attached hydrogens (tertiary/aromatic N) is 1. The van der Waals surface area contributed by atoms with Crippen LogP contribution in [-0.2, 0) is 32.0 Å². The number of benzene rings is 1. The van der Waals surface area contributed by atoms with Crippen LogP contribution < -0.4 is 21.7 Å². The number of carboxylic acid groups (broad SMARTS) is 1. The molecule has 0 spiro atoms. The Hall–Kier alpha value is -3.03. The molecular weight excluding hydrogens is 480 g/mol. The number of aliphatic carboxylic acids is 1. The predicted molar refractivity (Wildman–Crippen MR) is 132 cm³/mol. The van der Waals surface area contributed by atoms with Gasteiger partial charge in [0, 0.05) is 36.2 Å². The minimum absolute atomic E-state index is 0.0604. The number of amides is 3. The first-order chi connectivity index (χ1) is 16.2. The summed E-state index contributed by atoms with van der Waals surface area (Å²) >= 11 is 7.96. The summed E-state index contributed by atoms with van der Waals surface area (Å²) in [7, 11) is 0. The van der Waals surface area contributed by atoms with Crippen LogP contribution in [0.2, 0.25) is 0 Å². The van der Waals surface area contributed by atoms with Gasteiger partial charge >= 0.3 is 5.97 Å². The molecular formula is C21H28N6O5S2. The number of nitrogens with two attached hydrogens (primary N) is 1. The summed E-state index contributed by atoms with van der Waals surface area (Å²) in [5, 5.41) is 16.8. The van der Waals surface area contributed by atoms with Crippen molar-refractivity contribution in [2.45, 2.75) is 37.0 Å². The average Bonchev–Trinajstić information content (AvgIpc) is 3.34. The highest BCUT2D eigenvalue weighted by atomic mass is 32.1. The van der Waals surface area contributed by atoms with Gasteiger partial charge in [-0.05, 0) is 5.56 Å². The molecule has 0 fully saturated rings. The largest absolute Gasteiger partial charge is 0.480 e. The molecule has 0 aliphatic heterocycles. The van der Waals surface area contributed by atoms with E-state index in [-0.39, 0.29) is 24.3 Å². The summed E-state index contributed by atoms with van der Waals surface area (Å²) in [5.74, 6) is -3.24. The molecule has 0 radical (unpaired) electrons. The zero-order valence-electron chi connectivity index (χ0n) is 18.2. The molecule has 2 aromatic rings. The molecule has 1 aromatic carbocycles. The van der Waals surface area contributed by atoms with E-state index in [0.717, 1.165) is 5.56 Å². The molecule has 11 nitrogen and oxygen atoms in total. The van der Waals surface area contributed by atoms with E-state index in [0.29, 0.717) is 5.69 Å². The Balaban J connectivity index is 2.24. The van der Waals surface area contributed by atoms with Gasteiger partial charge in [-0.25, -0.2) is 9.78 Å². The van der Waals surface area contributed by atoms with E-state index in [2.05, 4.69) is 51.2 Å². The van der Waals surface area contributed by atoms with Crippen LogP contribution in [0, 0.1) is 0 Å². The number of carbonyl (C=O) groups is 4. The minimum atomic E-state index is -1.25. The number of carboxylic acids is 1. The van der Waals surface area contributed by atoms with Crippen LogP contribution in [0.15, 0.2) is 42.9 Å². The zero-order valence-corrected chi connectivity index (χ0v) is 20.0. The van der Waals surface area contributed by atoms with Crippen molar-refractivity contribution >= 4 is 48.9 Å². The van der Waals surface area contributed by atoms with Gasteiger partial charge in [0.05, 0.1) is 12.4 Å². The summed E-state index contributed by atoms with van der Waals surface area (Å²) in [6.07, 6.45) is 3.09. The van der Waals surface area contributed by atoms with Gasteiger partial charge in [0.1, 0.15) is 18.1 Å². The van der Waals surface area contributed by atoms with Gasteiger partial charge < -0.3 is 31.8 Å². The first-order valence-electron chi connectivity index (χ1n) is 10.4. The lowest BCUT2D eigenvalue weighted by Gasteiger charge is -2.25. The lowest BCUT2D eigenvalue weighted by atomic mass is 10.0. The fourth-order valence-corrected chi connectivity index (χ4v) is 3.39. The van der Waals surface area contributed by atoms with Gasteiger partial charge in [0.25, 0.3) is 0 Å². The number of aromatic amines is 1. The molecule has 13 heteroatoms. The van der Waals surface area contributed by atoms with Crippen LogP contribution in [0.25, 0.3) is 0 Å². The summed E-state index contributed by atoms with van der Waals surface area (Å²) < 4.78 is 0. The van der Waals surface area contributed by atoms with Crippen LogP contribution in [0.3, 0.4) is 0 Å². The van der Waals surface area contributed by atoms with Crippen molar-refractivity contribution < 1.29 is 24.3 Å². The van der Waals surface area contributed by atoms with Gasteiger partial charge in [-0.1, -0.05) is 30.3 Å².